The van der Waals surface area contributed by atoms with Gasteiger partial charge in [-0.2, -0.15) is 0 Å². The highest BCUT2D eigenvalue weighted by Crippen LogP contribution is 1.81. The lowest BCUT2D eigenvalue weighted by atomic mass is 10.7. The highest BCUT2D eigenvalue weighted by molar-refractivity contribution is 6.26. The van der Waals surface area contributed by atoms with Crippen molar-refractivity contribution in [3.63, 3.8) is 0 Å². The van der Waals surface area contributed by atoms with Gasteiger partial charge in [-0.1, -0.05) is 6.92 Å². The first-order chi connectivity index (χ1) is 5.91. The van der Waals surface area contributed by atoms with Gasteiger partial charge in [-0.25, -0.2) is 0 Å². The molecule has 0 aromatic heterocycles. The van der Waals surface area contributed by atoms with Gasteiger partial charge in [0, 0.05) is 6.61 Å². The van der Waals surface area contributed by atoms with Crippen molar-refractivity contribution in [1.29, 1.82) is 0 Å². The maximum Gasteiger partial charge on any atom is 0.229 e. The zero-order valence-electron chi connectivity index (χ0n) is 7.97. The predicted octanol–water partition coefficient (Wildman–Crippen LogP) is 1.11. The minimum absolute atomic E-state index is 0.616. The molecule has 0 amide bonds. The van der Waals surface area contributed by atoms with Gasteiger partial charge in [-0.3, -0.25) is 0 Å². The second kappa shape index (κ2) is 11.1. The standard InChI is InChI=1S/C8H18O3Si/c1-3-9-5-6-10-7-8-11-12-4-2/h3-8H2,1-2H3. The van der Waals surface area contributed by atoms with Gasteiger partial charge in [-0.15, -0.1) is 0 Å². The highest BCUT2D eigenvalue weighted by Gasteiger charge is 1.89. The van der Waals surface area contributed by atoms with Crippen molar-refractivity contribution in [3.05, 3.63) is 0 Å². The molecule has 0 atom stereocenters. The molecule has 0 N–H and O–H groups in total. The Morgan fingerprint density at radius 3 is 2.25 bits per heavy atom. The molecule has 0 fully saturated rings. The molecule has 0 rings (SSSR count). The summed E-state index contributed by atoms with van der Waals surface area (Å²) in [5, 5.41) is 0. The summed E-state index contributed by atoms with van der Waals surface area (Å²) >= 11 is 0. The molecule has 0 aromatic rings. The Balaban J connectivity index is 2.73. The molecule has 3 nitrogen and oxygen atoms in total. The van der Waals surface area contributed by atoms with E-state index in [9.17, 15) is 0 Å². The number of ether oxygens (including phenoxy) is 2. The normalized spacial score (nSPS) is 10.5. The second-order valence-corrected chi connectivity index (χ2v) is 3.44. The summed E-state index contributed by atoms with van der Waals surface area (Å²) in [7, 11) is 0.616. The highest BCUT2D eigenvalue weighted by atomic mass is 28.2. The van der Waals surface area contributed by atoms with E-state index in [4.69, 9.17) is 13.9 Å². The Kier molecular flexibility index (Phi) is 11.2. The molecule has 72 valence electrons. The molecular weight excluding hydrogens is 172 g/mol. The summed E-state index contributed by atoms with van der Waals surface area (Å²) in [6.07, 6.45) is 0. The van der Waals surface area contributed by atoms with Crippen molar-refractivity contribution in [2.24, 2.45) is 0 Å². The molecule has 0 bridgehead atoms. The zero-order chi connectivity index (χ0) is 9.07. The van der Waals surface area contributed by atoms with E-state index in [1.807, 2.05) is 6.92 Å². The Bertz CT molecular complexity index is 70.7. The van der Waals surface area contributed by atoms with E-state index >= 15 is 0 Å². The van der Waals surface area contributed by atoms with Crippen LogP contribution in [-0.2, 0) is 13.9 Å². The monoisotopic (exact) mass is 190 g/mol. The molecule has 0 spiro atoms. The van der Waals surface area contributed by atoms with Gasteiger partial charge in [0.25, 0.3) is 0 Å². The Labute approximate surface area is 77.3 Å². The van der Waals surface area contributed by atoms with E-state index in [0.717, 1.165) is 12.7 Å². The first-order valence-electron chi connectivity index (χ1n) is 4.42. The van der Waals surface area contributed by atoms with Gasteiger partial charge < -0.3 is 13.9 Å². The minimum Gasteiger partial charge on any atom is -0.415 e. The van der Waals surface area contributed by atoms with Crippen LogP contribution in [-0.4, -0.2) is 42.8 Å². The van der Waals surface area contributed by atoms with Crippen molar-refractivity contribution >= 4 is 9.76 Å². The lowest BCUT2D eigenvalue weighted by Gasteiger charge is -2.04. The lowest BCUT2D eigenvalue weighted by molar-refractivity contribution is 0.0409. The first kappa shape index (κ1) is 12.1. The van der Waals surface area contributed by atoms with Crippen molar-refractivity contribution < 1.29 is 13.9 Å². The third-order valence-corrected chi connectivity index (χ3v) is 1.85. The van der Waals surface area contributed by atoms with E-state index in [1.165, 1.54) is 0 Å². The SMILES string of the molecule is CCOCCOCCO[Si]CC. The Hall–Kier alpha value is 0.0969. The van der Waals surface area contributed by atoms with Gasteiger partial charge in [0.05, 0.1) is 26.4 Å². The predicted molar refractivity (Wildman–Crippen MR) is 49.5 cm³/mol. The molecule has 0 aliphatic carbocycles. The number of rotatable bonds is 9. The van der Waals surface area contributed by atoms with Crippen LogP contribution in [0.15, 0.2) is 0 Å². The molecule has 0 aliphatic rings. The fourth-order valence-corrected chi connectivity index (χ4v) is 1.07. The number of hydrogen-bond acceptors (Lipinski definition) is 3. The average Bonchev–Trinajstić information content (AvgIpc) is 2.10. The van der Waals surface area contributed by atoms with Crippen LogP contribution >= 0.6 is 0 Å². The van der Waals surface area contributed by atoms with Crippen LogP contribution in [0.3, 0.4) is 0 Å². The summed E-state index contributed by atoms with van der Waals surface area (Å²) in [4.78, 5) is 0. The van der Waals surface area contributed by atoms with E-state index in [0.29, 0.717) is 36.2 Å². The van der Waals surface area contributed by atoms with Crippen molar-refractivity contribution in [2.75, 3.05) is 33.0 Å². The summed E-state index contributed by atoms with van der Waals surface area (Å²) in [5.41, 5.74) is 0. The summed E-state index contributed by atoms with van der Waals surface area (Å²) in [6, 6.07) is 1.10. The molecule has 0 aromatic carbocycles. The van der Waals surface area contributed by atoms with Crippen LogP contribution < -0.4 is 0 Å². The summed E-state index contributed by atoms with van der Waals surface area (Å²) < 4.78 is 15.6. The van der Waals surface area contributed by atoms with Gasteiger partial charge in [0.2, 0.25) is 9.76 Å². The Morgan fingerprint density at radius 1 is 0.917 bits per heavy atom. The van der Waals surface area contributed by atoms with Gasteiger partial charge in [0.1, 0.15) is 0 Å². The summed E-state index contributed by atoms with van der Waals surface area (Å²) in [6.45, 7) is 7.59. The smallest absolute Gasteiger partial charge is 0.229 e. The maximum atomic E-state index is 5.25. The van der Waals surface area contributed by atoms with Crippen LogP contribution in [0.4, 0.5) is 0 Å². The topological polar surface area (TPSA) is 27.7 Å². The van der Waals surface area contributed by atoms with Crippen molar-refractivity contribution in [2.45, 2.75) is 19.9 Å². The molecule has 0 unspecified atom stereocenters. The molecular formula is C8H18O3Si. The molecule has 2 radical (unpaired) electrons. The molecule has 0 saturated heterocycles. The first-order valence-corrected chi connectivity index (χ1v) is 5.53. The Morgan fingerprint density at radius 2 is 1.58 bits per heavy atom. The molecule has 4 heteroatoms. The fourth-order valence-electron chi connectivity index (χ4n) is 0.639. The number of hydrogen-bond donors (Lipinski definition) is 0. The largest absolute Gasteiger partial charge is 0.415 e. The van der Waals surface area contributed by atoms with Crippen LogP contribution in [0.25, 0.3) is 0 Å². The molecule has 12 heavy (non-hydrogen) atoms. The summed E-state index contributed by atoms with van der Waals surface area (Å²) in [5.74, 6) is 0. The third kappa shape index (κ3) is 10.1. The minimum atomic E-state index is 0.616. The van der Waals surface area contributed by atoms with Crippen LogP contribution in [0.1, 0.15) is 13.8 Å². The maximum absolute atomic E-state index is 5.25. The molecule has 0 heterocycles. The quantitative estimate of drug-likeness (QED) is 0.403. The van der Waals surface area contributed by atoms with E-state index < -0.39 is 0 Å². The second-order valence-electron chi connectivity index (χ2n) is 2.16. The van der Waals surface area contributed by atoms with Gasteiger partial charge in [-0.05, 0) is 13.0 Å². The van der Waals surface area contributed by atoms with E-state index in [1.54, 1.807) is 0 Å². The third-order valence-electron chi connectivity index (χ3n) is 1.15. The van der Waals surface area contributed by atoms with Crippen LogP contribution in [0, 0.1) is 0 Å². The van der Waals surface area contributed by atoms with Crippen molar-refractivity contribution in [1.82, 2.24) is 0 Å². The molecule has 0 aliphatic heterocycles. The van der Waals surface area contributed by atoms with Gasteiger partial charge in [0.15, 0.2) is 0 Å². The zero-order valence-corrected chi connectivity index (χ0v) is 8.97. The van der Waals surface area contributed by atoms with E-state index in [2.05, 4.69) is 6.92 Å². The van der Waals surface area contributed by atoms with Crippen LogP contribution in [0.2, 0.25) is 6.04 Å². The fraction of sp³-hybridized carbons (Fsp3) is 1.00. The lowest BCUT2D eigenvalue weighted by Crippen LogP contribution is -2.10. The van der Waals surface area contributed by atoms with Gasteiger partial charge >= 0.3 is 0 Å². The average molecular weight is 190 g/mol. The van der Waals surface area contributed by atoms with Crippen molar-refractivity contribution in [3.8, 4) is 0 Å². The molecule has 0 saturated carbocycles. The van der Waals surface area contributed by atoms with Crippen LogP contribution in [0.5, 0.6) is 0 Å². The van der Waals surface area contributed by atoms with E-state index in [-0.39, 0.29) is 0 Å².